The van der Waals surface area contributed by atoms with E-state index in [1.165, 1.54) is 86.6 Å². The van der Waals surface area contributed by atoms with Crippen LogP contribution in [0.15, 0.2) is 60.7 Å². The monoisotopic (exact) mass is 802 g/mol. The van der Waals surface area contributed by atoms with Gasteiger partial charge in [0.15, 0.2) is 0 Å². The first-order valence-electron chi connectivity index (χ1n) is 17.3. The lowest BCUT2D eigenvalue weighted by molar-refractivity contribution is -0.385. The lowest BCUT2D eigenvalue weighted by Crippen LogP contribution is -2.33. The van der Waals surface area contributed by atoms with E-state index in [1.807, 2.05) is 0 Å². The van der Waals surface area contributed by atoms with Crippen molar-refractivity contribution in [2.24, 2.45) is 0 Å². The average Bonchev–Trinajstić information content (AvgIpc) is 3.21. The Bertz CT molecular complexity index is 2140. The number of ether oxygens (including phenoxy) is 4. The number of non-ortho nitro benzene ring substituents is 2. The third-order valence-electron chi connectivity index (χ3n) is 9.09. The van der Waals surface area contributed by atoms with Gasteiger partial charge in [0, 0.05) is 74.9 Å². The number of aromatic hydroxyl groups is 2. The predicted octanol–water partition coefficient (Wildman–Crippen LogP) is 5.07. The van der Waals surface area contributed by atoms with Gasteiger partial charge in [0.05, 0.1) is 58.5 Å². The van der Waals surface area contributed by atoms with E-state index in [2.05, 4.69) is 10.6 Å². The van der Waals surface area contributed by atoms with E-state index < -0.39 is 45.1 Å². The molecule has 1 aliphatic rings. The number of rotatable bonds is 16. The van der Waals surface area contributed by atoms with Crippen molar-refractivity contribution in [2.75, 3.05) is 65.1 Å². The van der Waals surface area contributed by atoms with Crippen molar-refractivity contribution in [1.82, 2.24) is 9.80 Å². The molecule has 20 nitrogen and oxygen atoms in total. The van der Waals surface area contributed by atoms with Crippen molar-refractivity contribution in [3.05, 3.63) is 114 Å². The molecule has 0 saturated carbocycles. The van der Waals surface area contributed by atoms with Gasteiger partial charge >= 0.3 is 12.2 Å². The van der Waals surface area contributed by atoms with Crippen LogP contribution in [0.4, 0.5) is 32.3 Å². The topological polar surface area (TPSA) is 262 Å². The summed E-state index contributed by atoms with van der Waals surface area (Å²) in [4.78, 5) is 77.0. The van der Waals surface area contributed by atoms with Gasteiger partial charge < -0.3 is 49.6 Å². The van der Waals surface area contributed by atoms with Crippen molar-refractivity contribution in [3.8, 4) is 23.0 Å². The quantitative estimate of drug-likeness (QED) is 0.0576. The highest BCUT2D eigenvalue weighted by atomic mass is 16.6. The van der Waals surface area contributed by atoms with Crippen LogP contribution < -0.4 is 20.1 Å². The summed E-state index contributed by atoms with van der Waals surface area (Å²) in [5.41, 5.74) is -0.186. The number of carbonyl (C=O) groups excluding carboxylic acids is 4. The normalized spacial score (nSPS) is 11.4. The molecule has 0 fully saturated rings. The standard InChI is InChI=1S/C38H38N6O14/c1-41(37(49)57-19-21-5-7-23(43(51)52)17-29(21)55-3)15-13-39-25-9-10-26(32-31(25)35(47)33-27(45)11-12-28(46)34(33)36(32)48)40-14-16-42(2)38(50)58-20-22-6-8-24(44(53)54)18-30(22)56-4/h5-12,17-18,39-40,45-46H,13-16,19-20H2,1-4H3. The third kappa shape index (κ3) is 8.91. The number of methoxy groups -OCH3 is 2. The summed E-state index contributed by atoms with van der Waals surface area (Å²) < 4.78 is 21.1. The Balaban J connectivity index is 1.26. The highest BCUT2D eigenvalue weighted by Gasteiger charge is 2.38. The van der Waals surface area contributed by atoms with Crippen molar-refractivity contribution in [1.29, 1.82) is 0 Å². The Morgan fingerprint density at radius 2 is 1.02 bits per heavy atom. The zero-order valence-electron chi connectivity index (χ0n) is 31.6. The van der Waals surface area contributed by atoms with Crippen molar-refractivity contribution < 1.29 is 58.2 Å². The zero-order chi connectivity index (χ0) is 42.3. The molecule has 4 aromatic carbocycles. The average molecular weight is 803 g/mol. The Hall–Kier alpha value is -7.64. The molecule has 0 spiro atoms. The summed E-state index contributed by atoms with van der Waals surface area (Å²) in [5.74, 6) is -2.20. The fourth-order valence-electron chi connectivity index (χ4n) is 5.99. The van der Waals surface area contributed by atoms with E-state index in [-0.39, 0.29) is 95.9 Å². The highest BCUT2D eigenvalue weighted by molar-refractivity contribution is 6.33. The minimum Gasteiger partial charge on any atom is -0.507 e. The number of hydrogen-bond donors (Lipinski definition) is 4. The second-order valence-corrected chi connectivity index (χ2v) is 12.7. The van der Waals surface area contributed by atoms with Gasteiger partial charge in [0.1, 0.15) is 36.2 Å². The molecule has 4 aromatic rings. The molecule has 0 unspecified atom stereocenters. The van der Waals surface area contributed by atoms with Crippen LogP contribution >= 0.6 is 0 Å². The lowest BCUT2D eigenvalue weighted by atomic mass is 9.81. The van der Waals surface area contributed by atoms with E-state index in [4.69, 9.17) is 18.9 Å². The predicted molar refractivity (Wildman–Crippen MR) is 205 cm³/mol. The number of phenolic OH excluding ortho intramolecular Hbond substituents is 2. The minimum absolute atomic E-state index is 0.0508. The number of ketones is 2. The summed E-state index contributed by atoms with van der Waals surface area (Å²) in [6.45, 7) is -0.249. The Kier molecular flexibility index (Phi) is 12.8. The maximum absolute atomic E-state index is 14.0. The lowest BCUT2D eigenvalue weighted by Gasteiger charge is -2.26. The molecule has 4 N–H and O–H groups in total. The van der Waals surface area contributed by atoms with Crippen molar-refractivity contribution in [2.45, 2.75) is 13.2 Å². The van der Waals surface area contributed by atoms with Crippen LogP contribution in [-0.4, -0.2) is 108 Å². The number of fused-ring (bicyclic) bond motifs is 2. The molecule has 0 aliphatic heterocycles. The van der Waals surface area contributed by atoms with E-state index in [1.54, 1.807) is 0 Å². The van der Waals surface area contributed by atoms with Crippen LogP contribution in [-0.2, 0) is 22.7 Å². The summed E-state index contributed by atoms with van der Waals surface area (Å²) in [5, 5.41) is 49.5. The molecule has 5 rings (SSSR count). The molecule has 304 valence electrons. The number of hydrogen-bond acceptors (Lipinski definition) is 16. The highest BCUT2D eigenvalue weighted by Crippen LogP contribution is 2.42. The molecule has 1 aliphatic carbocycles. The van der Waals surface area contributed by atoms with Gasteiger partial charge in [-0.2, -0.15) is 0 Å². The number of anilines is 2. The molecule has 0 bridgehead atoms. The van der Waals surface area contributed by atoms with Gasteiger partial charge in [-0.15, -0.1) is 0 Å². The Labute approximate surface area is 329 Å². The van der Waals surface area contributed by atoms with Gasteiger partial charge in [0.2, 0.25) is 11.6 Å². The Morgan fingerprint density at radius 1 is 0.638 bits per heavy atom. The molecule has 20 heteroatoms. The summed E-state index contributed by atoms with van der Waals surface area (Å²) in [7, 11) is 5.58. The summed E-state index contributed by atoms with van der Waals surface area (Å²) >= 11 is 0. The van der Waals surface area contributed by atoms with Gasteiger partial charge in [-0.25, -0.2) is 9.59 Å². The van der Waals surface area contributed by atoms with E-state index >= 15 is 0 Å². The summed E-state index contributed by atoms with van der Waals surface area (Å²) in [6.07, 6.45) is -1.46. The number of carbonyl (C=O) groups is 4. The molecular weight excluding hydrogens is 764 g/mol. The number of nitrogens with zero attached hydrogens (tertiary/aromatic N) is 4. The number of benzene rings is 4. The van der Waals surface area contributed by atoms with Gasteiger partial charge in [0.25, 0.3) is 11.4 Å². The number of nitrogens with one attached hydrogen (secondary N) is 2. The number of nitro groups is 2. The fourth-order valence-corrected chi connectivity index (χ4v) is 5.99. The van der Waals surface area contributed by atoms with Gasteiger partial charge in [-0.3, -0.25) is 29.8 Å². The molecule has 2 amide bonds. The molecule has 58 heavy (non-hydrogen) atoms. The minimum atomic E-state index is -0.753. The van der Waals surface area contributed by atoms with Crippen molar-refractivity contribution >= 4 is 46.5 Å². The van der Waals surface area contributed by atoms with E-state index in [9.17, 15) is 49.6 Å². The second-order valence-electron chi connectivity index (χ2n) is 12.7. The Morgan fingerprint density at radius 3 is 1.36 bits per heavy atom. The summed E-state index contributed by atoms with van der Waals surface area (Å²) in [6, 6.07) is 13.0. The first-order valence-corrected chi connectivity index (χ1v) is 17.3. The van der Waals surface area contributed by atoms with Crippen molar-refractivity contribution in [3.63, 3.8) is 0 Å². The molecule has 0 aromatic heterocycles. The second kappa shape index (κ2) is 17.9. The first-order chi connectivity index (χ1) is 27.7. The van der Waals surface area contributed by atoms with Gasteiger partial charge in [-0.05, 0) is 36.4 Å². The fraction of sp³-hybridized carbons (Fsp3) is 0.263. The van der Waals surface area contributed by atoms with Crippen LogP contribution in [0.3, 0.4) is 0 Å². The number of phenols is 2. The van der Waals surface area contributed by atoms with Gasteiger partial charge in [-0.1, -0.05) is 0 Å². The maximum Gasteiger partial charge on any atom is 0.409 e. The van der Waals surface area contributed by atoms with Crippen LogP contribution in [0.1, 0.15) is 43.0 Å². The molecular formula is C38H38N6O14. The maximum atomic E-state index is 14.0. The molecule has 0 atom stereocenters. The van der Waals surface area contributed by atoms with E-state index in [0.717, 1.165) is 12.1 Å². The number of amides is 2. The number of likely N-dealkylation sites (N-methyl/N-ethyl adjacent to an activating group) is 2. The molecule has 0 heterocycles. The first kappa shape index (κ1) is 41.5. The molecule has 0 radical (unpaired) electrons. The van der Waals surface area contributed by atoms with Crippen LogP contribution in [0.5, 0.6) is 23.0 Å². The largest absolute Gasteiger partial charge is 0.507 e. The van der Waals surface area contributed by atoms with Crippen LogP contribution in [0.25, 0.3) is 0 Å². The van der Waals surface area contributed by atoms with Crippen LogP contribution in [0.2, 0.25) is 0 Å². The van der Waals surface area contributed by atoms with E-state index in [0.29, 0.717) is 11.1 Å². The smallest absolute Gasteiger partial charge is 0.409 e. The number of nitro benzene ring substituents is 2. The zero-order valence-corrected chi connectivity index (χ0v) is 31.6. The molecule has 0 saturated heterocycles. The van der Waals surface area contributed by atoms with Crippen LogP contribution in [0, 0.1) is 20.2 Å². The third-order valence-corrected chi connectivity index (χ3v) is 9.09. The SMILES string of the molecule is COc1cc([N+](=O)[O-])ccc1COC(=O)N(C)CCNc1ccc(NCCN(C)C(=O)OCc2ccc([N+](=O)[O-])cc2OC)c2c1C(=O)c1c(O)ccc(O)c1C2=O.